The van der Waals surface area contributed by atoms with E-state index in [0.717, 1.165) is 29.7 Å². The summed E-state index contributed by atoms with van der Waals surface area (Å²) in [6.45, 7) is 0.627. The molecule has 1 aliphatic carbocycles. The molecule has 1 heterocycles. The van der Waals surface area contributed by atoms with Crippen LogP contribution < -0.4 is 4.74 Å². The molecule has 4 heteroatoms. The van der Waals surface area contributed by atoms with Gasteiger partial charge in [-0.2, -0.15) is 0 Å². The number of amides is 1. The average molecular weight is 308 g/mol. The van der Waals surface area contributed by atoms with E-state index in [1.54, 1.807) is 25.6 Å². The number of hydrogen-bond acceptors (Lipinski definition) is 3. The van der Waals surface area contributed by atoms with Crippen LogP contribution >= 0.6 is 0 Å². The van der Waals surface area contributed by atoms with Crippen molar-refractivity contribution in [2.45, 2.75) is 25.4 Å². The van der Waals surface area contributed by atoms with Gasteiger partial charge in [0.2, 0.25) is 5.91 Å². The van der Waals surface area contributed by atoms with Crippen LogP contribution in [0.15, 0.2) is 54.9 Å². The summed E-state index contributed by atoms with van der Waals surface area (Å²) in [6.07, 6.45) is 9.14. The summed E-state index contributed by atoms with van der Waals surface area (Å²) in [7, 11) is 1.63. The fourth-order valence-electron chi connectivity index (χ4n) is 2.52. The Balaban J connectivity index is 1.73. The third kappa shape index (κ3) is 3.97. The van der Waals surface area contributed by atoms with Crippen LogP contribution in [-0.4, -0.2) is 28.9 Å². The van der Waals surface area contributed by atoms with Crippen molar-refractivity contribution in [2.24, 2.45) is 0 Å². The first-order chi connectivity index (χ1) is 11.3. The molecule has 1 saturated carbocycles. The number of aromatic nitrogens is 1. The van der Waals surface area contributed by atoms with Gasteiger partial charge in [0.15, 0.2) is 0 Å². The van der Waals surface area contributed by atoms with Crippen LogP contribution in [0, 0.1) is 0 Å². The Bertz CT molecular complexity index is 694. The number of carbonyl (C=O) groups excluding carboxylic acids is 1. The predicted molar refractivity (Wildman–Crippen MR) is 89.8 cm³/mol. The van der Waals surface area contributed by atoms with Crippen LogP contribution in [0.2, 0.25) is 0 Å². The highest BCUT2D eigenvalue weighted by Gasteiger charge is 2.31. The topological polar surface area (TPSA) is 42.4 Å². The van der Waals surface area contributed by atoms with Crippen molar-refractivity contribution in [3.05, 3.63) is 66.0 Å². The van der Waals surface area contributed by atoms with Gasteiger partial charge in [0.1, 0.15) is 5.75 Å². The minimum absolute atomic E-state index is 0.0372. The molecule has 4 nitrogen and oxygen atoms in total. The van der Waals surface area contributed by atoms with E-state index in [2.05, 4.69) is 4.98 Å². The molecule has 1 amide bonds. The Morgan fingerprint density at radius 3 is 2.70 bits per heavy atom. The summed E-state index contributed by atoms with van der Waals surface area (Å²) in [5.74, 6) is 0.805. The van der Waals surface area contributed by atoms with Crippen LogP contribution in [0.25, 0.3) is 6.08 Å². The average Bonchev–Trinajstić information content (AvgIpc) is 3.43. The van der Waals surface area contributed by atoms with Crippen molar-refractivity contribution in [1.82, 2.24) is 9.88 Å². The van der Waals surface area contributed by atoms with Gasteiger partial charge >= 0.3 is 0 Å². The molecule has 2 aromatic rings. The molecule has 0 unspecified atom stereocenters. The third-order valence-corrected chi connectivity index (χ3v) is 3.92. The third-order valence-electron chi connectivity index (χ3n) is 3.92. The number of carbonyl (C=O) groups is 1. The molecular weight excluding hydrogens is 288 g/mol. The zero-order valence-corrected chi connectivity index (χ0v) is 13.2. The lowest BCUT2D eigenvalue weighted by Crippen LogP contribution is -2.31. The van der Waals surface area contributed by atoms with Gasteiger partial charge in [0, 0.05) is 36.6 Å². The van der Waals surface area contributed by atoms with Crippen LogP contribution in [0.3, 0.4) is 0 Å². The summed E-state index contributed by atoms with van der Waals surface area (Å²) in [5, 5.41) is 0. The molecule has 23 heavy (non-hydrogen) atoms. The maximum atomic E-state index is 12.6. The molecule has 0 atom stereocenters. The van der Waals surface area contributed by atoms with E-state index in [9.17, 15) is 4.79 Å². The van der Waals surface area contributed by atoms with E-state index in [1.807, 2.05) is 47.4 Å². The molecular formula is C19H20N2O2. The first-order valence-corrected chi connectivity index (χ1v) is 7.78. The van der Waals surface area contributed by atoms with E-state index in [4.69, 9.17) is 4.74 Å². The fourth-order valence-corrected chi connectivity index (χ4v) is 2.52. The van der Waals surface area contributed by atoms with Gasteiger partial charge in [0.05, 0.1) is 7.11 Å². The fraction of sp³-hybridized carbons (Fsp3) is 0.263. The quantitative estimate of drug-likeness (QED) is 0.769. The van der Waals surface area contributed by atoms with Crippen molar-refractivity contribution >= 4 is 12.0 Å². The number of pyridine rings is 1. The zero-order valence-electron chi connectivity index (χ0n) is 13.2. The van der Waals surface area contributed by atoms with E-state index in [-0.39, 0.29) is 5.91 Å². The van der Waals surface area contributed by atoms with Gasteiger partial charge in [-0.25, -0.2) is 0 Å². The lowest BCUT2D eigenvalue weighted by molar-refractivity contribution is -0.127. The molecule has 0 saturated heterocycles. The van der Waals surface area contributed by atoms with Crippen molar-refractivity contribution < 1.29 is 9.53 Å². The van der Waals surface area contributed by atoms with Crippen molar-refractivity contribution in [2.75, 3.05) is 7.11 Å². The minimum Gasteiger partial charge on any atom is -0.496 e. The predicted octanol–water partition coefficient (Wildman–Crippen LogP) is 3.29. The molecule has 0 spiro atoms. The first kappa shape index (κ1) is 15.3. The van der Waals surface area contributed by atoms with Gasteiger partial charge in [-0.3, -0.25) is 9.78 Å². The number of ether oxygens (including phenoxy) is 1. The van der Waals surface area contributed by atoms with E-state index < -0.39 is 0 Å². The van der Waals surface area contributed by atoms with Crippen LogP contribution in [0.4, 0.5) is 0 Å². The second kappa shape index (κ2) is 7.09. The summed E-state index contributed by atoms with van der Waals surface area (Å²) < 4.78 is 5.31. The zero-order chi connectivity index (χ0) is 16.1. The van der Waals surface area contributed by atoms with Crippen LogP contribution in [0.5, 0.6) is 5.75 Å². The molecule has 118 valence electrons. The molecule has 0 N–H and O–H groups in total. The standard InChI is InChI=1S/C19H20N2O2/c1-23-18-5-3-2-4-16(18)6-9-19(22)21(17-7-8-17)14-15-10-12-20-13-11-15/h2-6,9-13,17H,7-8,14H2,1H3/b9-6+. The lowest BCUT2D eigenvalue weighted by atomic mass is 10.2. The molecule has 1 fully saturated rings. The van der Waals surface area contributed by atoms with Crippen molar-refractivity contribution in [1.29, 1.82) is 0 Å². The Morgan fingerprint density at radius 1 is 1.26 bits per heavy atom. The van der Waals surface area contributed by atoms with Gasteiger partial charge in [-0.15, -0.1) is 0 Å². The lowest BCUT2D eigenvalue weighted by Gasteiger charge is -2.21. The molecule has 1 aromatic heterocycles. The van der Waals surface area contributed by atoms with E-state index in [0.29, 0.717) is 12.6 Å². The molecule has 3 rings (SSSR count). The second-order valence-electron chi connectivity index (χ2n) is 5.63. The molecule has 0 radical (unpaired) electrons. The normalized spacial score (nSPS) is 14.0. The smallest absolute Gasteiger partial charge is 0.247 e. The summed E-state index contributed by atoms with van der Waals surface area (Å²) in [4.78, 5) is 18.5. The van der Waals surface area contributed by atoms with Crippen LogP contribution in [-0.2, 0) is 11.3 Å². The van der Waals surface area contributed by atoms with Crippen molar-refractivity contribution in [3.8, 4) is 5.75 Å². The Hall–Kier alpha value is -2.62. The Morgan fingerprint density at radius 2 is 2.00 bits per heavy atom. The van der Waals surface area contributed by atoms with E-state index in [1.165, 1.54) is 0 Å². The highest BCUT2D eigenvalue weighted by molar-refractivity contribution is 5.92. The number of benzene rings is 1. The minimum atomic E-state index is 0.0372. The van der Waals surface area contributed by atoms with Crippen LogP contribution in [0.1, 0.15) is 24.0 Å². The van der Waals surface area contributed by atoms with Gasteiger partial charge in [-0.05, 0) is 42.7 Å². The SMILES string of the molecule is COc1ccccc1/C=C/C(=O)N(Cc1ccncc1)C1CC1. The van der Waals surface area contributed by atoms with Gasteiger partial charge in [0.25, 0.3) is 0 Å². The summed E-state index contributed by atoms with van der Waals surface area (Å²) in [5.41, 5.74) is 2.01. The number of methoxy groups -OCH3 is 1. The highest BCUT2D eigenvalue weighted by Crippen LogP contribution is 2.29. The Kier molecular flexibility index (Phi) is 4.71. The number of nitrogens with zero attached hydrogens (tertiary/aromatic N) is 2. The first-order valence-electron chi connectivity index (χ1n) is 7.78. The Labute approximate surface area is 136 Å². The maximum absolute atomic E-state index is 12.6. The summed E-state index contributed by atoms with van der Waals surface area (Å²) >= 11 is 0. The number of rotatable bonds is 6. The summed E-state index contributed by atoms with van der Waals surface area (Å²) in [6, 6.07) is 11.9. The molecule has 1 aliphatic rings. The molecule has 0 aliphatic heterocycles. The number of para-hydroxylation sites is 1. The maximum Gasteiger partial charge on any atom is 0.247 e. The van der Waals surface area contributed by atoms with Gasteiger partial charge in [-0.1, -0.05) is 18.2 Å². The van der Waals surface area contributed by atoms with Crippen molar-refractivity contribution in [3.63, 3.8) is 0 Å². The monoisotopic (exact) mass is 308 g/mol. The molecule has 1 aromatic carbocycles. The molecule has 0 bridgehead atoms. The second-order valence-corrected chi connectivity index (χ2v) is 5.63. The highest BCUT2D eigenvalue weighted by atomic mass is 16.5. The number of hydrogen-bond donors (Lipinski definition) is 0. The largest absolute Gasteiger partial charge is 0.496 e. The van der Waals surface area contributed by atoms with E-state index >= 15 is 0 Å². The van der Waals surface area contributed by atoms with Gasteiger partial charge < -0.3 is 9.64 Å².